The molecule has 0 aliphatic carbocycles. The quantitative estimate of drug-likeness (QED) is 0.554. The molecule has 0 aliphatic heterocycles. The zero-order chi connectivity index (χ0) is 17.6. The van der Waals surface area contributed by atoms with Crippen molar-refractivity contribution in [1.29, 1.82) is 0 Å². The Labute approximate surface area is 150 Å². The summed E-state index contributed by atoms with van der Waals surface area (Å²) in [7, 11) is -3.46. The molecule has 1 aromatic heterocycles. The molecular weight excluding hydrogens is 366 g/mol. The first-order chi connectivity index (χ1) is 11.4. The number of amides is 1. The van der Waals surface area contributed by atoms with Gasteiger partial charge in [-0.1, -0.05) is 55.1 Å². The van der Waals surface area contributed by atoms with Crippen LogP contribution in [0.3, 0.4) is 0 Å². The van der Waals surface area contributed by atoms with Crippen LogP contribution in [0, 0.1) is 0 Å². The number of hydrogen-bond acceptors (Lipinski definition) is 7. The Morgan fingerprint density at radius 3 is 2.67 bits per heavy atom. The van der Waals surface area contributed by atoms with Crippen molar-refractivity contribution in [2.45, 2.75) is 41.2 Å². The molecule has 2 aromatic rings. The molecule has 1 amide bonds. The third kappa shape index (κ3) is 5.57. The molecule has 130 valence electrons. The first-order valence-corrected chi connectivity index (χ1v) is 10.8. The molecule has 0 bridgehead atoms. The van der Waals surface area contributed by atoms with Crippen LogP contribution in [0.2, 0.25) is 0 Å². The van der Waals surface area contributed by atoms with Crippen molar-refractivity contribution in [3.05, 3.63) is 30.3 Å². The molecule has 0 saturated heterocycles. The molecule has 1 heterocycles. The van der Waals surface area contributed by atoms with Gasteiger partial charge in [-0.2, -0.15) is 0 Å². The summed E-state index contributed by atoms with van der Waals surface area (Å²) in [6, 6.07) is 8.11. The first kappa shape index (κ1) is 18.9. The van der Waals surface area contributed by atoms with E-state index < -0.39 is 9.84 Å². The number of rotatable bonds is 8. The molecule has 0 spiro atoms. The van der Waals surface area contributed by atoms with Gasteiger partial charge >= 0.3 is 0 Å². The van der Waals surface area contributed by atoms with Gasteiger partial charge in [0, 0.05) is 11.7 Å². The first-order valence-electron chi connectivity index (χ1n) is 7.48. The fourth-order valence-electron chi connectivity index (χ4n) is 1.72. The maximum absolute atomic E-state index is 12.1. The summed E-state index contributed by atoms with van der Waals surface area (Å²) >= 11 is 2.90. The zero-order valence-electron chi connectivity index (χ0n) is 13.4. The topological polar surface area (TPSA) is 89.0 Å². The van der Waals surface area contributed by atoms with Crippen LogP contribution in [0.15, 0.2) is 39.6 Å². The Bertz CT molecular complexity index is 776. The van der Waals surface area contributed by atoms with Gasteiger partial charge in [-0.15, -0.1) is 10.2 Å². The lowest BCUT2D eigenvalue weighted by molar-refractivity contribution is -0.115. The van der Waals surface area contributed by atoms with Gasteiger partial charge in [-0.3, -0.25) is 4.79 Å². The summed E-state index contributed by atoms with van der Waals surface area (Å²) < 4.78 is 25.1. The predicted octanol–water partition coefficient (Wildman–Crippen LogP) is 3.23. The normalized spacial score (nSPS) is 12.8. The number of thioether (sulfide) groups is 1. The van der Waals surface area contributed by atoms with Crippen molar-refractivity contribution in [2.24, 2.45) is 0 Å². The fraction of sp³-hybridized carbons (Fsp3) is 0.400. The maximum Gasteiger partial charge on any atom is 0.227 e. The van der Waals surface area contributed by atoms with Crippen LogP contribution in [-0.4, -0.2) is 35.5 Å². The van der Waals surface area contributed by atoms with Crippen molar-refractivity contribution in [3.63, 3.8) is 0 Å². The van der Waals surface area contributed by atoms with Crippen molar-refractivity contribution in [1.82, 2.24) is 10.2 Å². The van der Waals surface area contributed by atoms with E-state index in [1.165, 1.54) is 23.5 Å². The Morgan fingerprint density at radius 1 is 1.29 bits per heavy atom. The van der Waals surface area contributed by atoms with Crippen LogP contribution in [0.4, 0.5) is 5.13 Å². The molecule has 0 saturated carbocycles. The minimum atomic E-state index is -3.46. The largest absolute Gasteiger partial charge is 0.300 e. The molecule has 1 aromatic carbocycles. The second-order valence-corrected chi connectivity index (χ2v) is 9.91. The second kappa shape index (κ2) is 8.59. The summed E-state index contributed by atoms with van der Waals surface area (Å²) in [6.45, 7) is 4.19. The molecule has 1 unspecified atom stereocenters. The standard InChI is InChI=1S/C15H19N3O3S3/c1-3-11(2)22-15-18-17-14(23-15)16-13(19)9-10-24(20,21)12-7-5-4-6-8-12/h4-8,11H,3,9-10H2,1-2H3,(H,16,17,19). The number of nitrogens with one attached hydrogen (secondary N) is 1. The number of benzene rings is 1. The number of carbonyl (C=O) groups excluding carboxylic acids is 1. The van der Waals surface area contributed by atoms with Crippen molar-refractivity contribution in [2.75, 3.05) is 11.1 Å². The Balaban J connectivity index is 1.88. The number of carbonyl (C=O) groups is 1. The Hall–Kier alpha value is -1.45. The molecule has 0 fully saturated rings. The summed E-state index contributed by atoms with van der Waals surface area (Å²) in [5, 5.41) is 11.4. The molecule has 9 heteroatoms. The lowest BCUT2D eigenvalue weighted by Crippen LogP contribution is -2.17. The van der Waals surface area contributed by atoms with E-state index in [0.29, 0.717) is 10.4 Å². The van der Waals surface area contributed by atoms with Crippen molar-refractivity contribution in [3.8, 4) is 0 Å². The minimum absolute atomic E-state index is 0.120. The van der Waals surface area contributed by atoms with E-state index in [4.69, 9.17) is 0 Å². The van der Waals surface area contributed by atoms with Gasteiger partial charge in [0.05, 0.1) is 10.6 Å². The third-order valence-electron chi connectivity index (χ3n) is 3.23. The van der Waals surface area contributed by atoms with E-state index in [-0.39, 0.29) is 23.0 Å². The number of aromatic nitrogens is 2. The summed E-state index contributed by atoms with van der Waals surface area (Å²) in [4.78, 5) is 12.2. The van der Waals surface area contributed by atoms with Crippen LogP contribution in [0.1, 0.15) is 26.7 Å². The SMILES string of the molecule is CCC(C)Sc1nnc(NC(=O)CCS(=O)(=O)c2ccccc2)s1. The lowest BCUT2D eigenvalue weighted by Gasteiger charge is -2.04. The van der Waals surface area contributed by atoms with Gasteiger partial charge in [0.1, 0.15) is 0 Å². The average molecular weight is 386 g/mol. The number of sulfone groups is 1. The Kier molecular flexibility index (Phi) is 6.76. The van der Waals surface area contributed by atoms with Gasteiger partial charge in [0.25, 0.3) is 0 Å². The highest BCUT2D eigenvalue weighted by Gasteiger charge is 2.17. The van der Waals surface area contributed by atoms with Crippen LogP contribution in [0.25, 0.3) is 0 Å². The molecule has 2 rings (SSSR count). The molecular formula is C15H19N3O3S3. The predicted molar refractivity (Wildman–Crippen MR) is 97.3 cm³/mol. The highest BCUT2D eigenvalue weighted by molar-refractivity contribution is 8.01. The van der Waals surface area contributed by atoms with Gasteiger partial charge in [-0.25, -0.2) is 8.42 Å². The summed E-state index contributed by atoms with van der Waals surface area (Å²) in [6.07, 6.45) is 0.897. The molecule has 0 aliphatic rings. The minimum Gasteiger partial charge on any atom is -0.300 e. The van der Waals surface area contributed by atoms with E-state index in [0.717, 1.165) is 10.8 Å². The maximum atomic E-state index is 12.1. The average Bonchev–Trinajstić information content (AvgIpc) is 3.00. The van der Waals surface area contributed by atoms with E-state index in [9.17, 15) is 13.2 Å². The van der Waals surface area contributed by atoms with Gasteiger partial charge in [0.15, 0.2) is 14.2 Å². The lowest BCUT2D eigenvalue weighted by atomic mass is 10.4. The van der Waals surface area contributed by atoms with Gasteiger partial charge in [-0.05, 0) is 18.6 Å². The molecule has 1 N–H and O–H groups in total. The Morgan fingerprint density at radius 2 is 2.00 bits per heavy atom. The van der Waals surface area contributed by atoms with Crippen LogP contribution in [-0.2, 0) is 14.6 Å². The summed E-state index contributed by atoms with van der Waals surface area (Å²) in [5.41, 5.74) is 0. The number of anilines is 1. The molecule has 1 atom stereocenters. The number of nitrogens with zero attached hydrogens (tertiary/aromatic N) is 2. The van der Waals surface area contributed by atoms with E-state index in [1.54, 1.807) is 30.0 Å². The summed E-state index contributed by atoms with van der Waals surface area (Å²) in [5.74, 6) is -0.624. The molecule has 6 nitrogen and oxygen atoms in total. The third-order valence-corrected chi connectivity index (χ3v) is 7.15. The van der Waals surface area contributed by atoms with E-state index in [1.807, 2.05) is 0 Å². The zero-order valence-corrected chi connectivity index (χ0v) is 15.9. The van der Waals surface area contributed by atoms with Gasteiger partial charge < -0.3 is 5.32 Å². The fourth-order valence-corrected chi connectivity index (χ4v) is 4.99. The second-order valence-electron chi connectivity index (χ2n) is 5.14. The van der Waals surface area contributed by atoms with Crippen molar-refractivity contribution < 1.29 is 13.2 Å². The van der Waals surface area contributed by atoms with E-state index in [2.05, 4.69) is 29.4 Å². The van der Waals surface area contributed by atoms with Gasteiger partial charge in [0.2, 0.25) is 11.0 Å². The van der Waals surface area contributed by atoms with Crippen LogP contribution < -0.4 is 5.32 Å². The van der Waals surface area contributed by atoms with Crippen molar-refractivity contribution >= 4 is 44.0 Å². The van der Waals surface area contributed by atoms with Crippen LogP contribution >= 0.6 is 23.1 Å². The monoisotopic (exact) mass is 385 g/mol. The molecule has 0 radical (unpaired) electrons. The van der Waals surface area contributed by atoms with Crippen LogP contribution in [0.5, 0.6) is 0 Å². The highest BCUT2D eigenvalue weighted by atomic mass is 32.2. The number of hydrogen-bond donors (Lipinski definition) is 1. The smallest absolute Gasteiger partial charge is 0.227 e. The van der Waals surface area contributed by atoms with E-state index >= 15 is 0 Å². The highest BCUT2D eigenvalue weighted by Crippen LogP contribution is 2.29. The molecule has 24 heavy (non-hydrogen) atoms.